The van der Waals surface area contributed by atoms with Crippen LogP contribution in [0, 0.1) is 18.8 Å². The average molecular weight is 530 g/mol. The number of aromatic hydroxyl groups is 1. The Morgan fingerprint density at radius 2 is 1.97 bits per heavy atom. The first-order chi connectivity index (χ1) is 18.8. The topological polar surface area (TPSA) is 88.8 Å². The third-order valence-electron chi connectivity index (χ3n) is 8.38. The molecule has 3 atom stereocenters. The molecule has 1 aromatic heterocycles. The normalized spacial score (nSPS) is 19.9. The second-order valence-electron chi connectivity index (χ2n) is 11.5. The number of phenols is 1. The molecule has 6 heteroatoms. The van der Waals surface area contributed by atoms with Crippen LogP contribution in [0.4, 0.5) is 0 Å². The molecular formula is C33H39NO5. The third-order valence-corrected chi connectivity index (χ3v) is 8.38. The Hall–Kier alpha value is -3.38. The zero-order valence-corrected chi connectivity index (χ0v) is 23.2. The van der Waals surface area contributed by atoms with Crippen LogP contribution in [0.2, 0.25) is 0 Å². The van der Waals surface area contributed by atoms with Gasteiger partial charge in [-0.3, -0.25) is 4.79 Å². The van der Waals surface area contributed by atoms with Crippen LogP contribution in [0.3, 0.4) is 0 Å². The maximum absolute atomic E-state index is 13.0. The second-order valence-corrected chi connectivity index (χ2v) is 11.5. The van der Waals surface area contributed by atoms with Crippen molar-refractivity contribution in [2.75, 3.05) is 13.2 Å². The number of carbonyl (C=O) groups excluding carboxylic acids is 1. The Balaban J connectivity index is 1.21. The van der Waals surface area contributed by atoms with Crippen molar-refractivity contribution in [1.29, 1.82) is 0 Å². The summed E-state index contributed by atoms with van der Waals surface area (Å²) in [6.45, 7) is 7.41. The average Bonchev–Trinajstić information content (AvgIpc) is 3.54. The number of nitrogens with one attached hydrogen (secondary N) is 1. The van der Waals surface area contributed by atoms with Crippen LogP contribution in [-0.4, -0.2) is 30.1 Å². The van der Waals surface area contributed by atoms with Gasteiger partial charge in [-0.2, -0.15) is 0 Å². The lowest BCUT2D eigenvalue weighted by Crippen LogP contribution is -2.35. The van der Waals surface area contributed by atoms with E-state index in [4.69, 9.17) is 9.15 Å². The van der Waals surface area contributed by atoms with Gasteiger partial charge < -0.3 is 19.6 Å². The first kappa shape index (κ1) is 27.2. The van der Waals surface area contributed by atoms with Crippen molar-refractivity contribution in [2.45, 2.75) is 71.8 Å². The van der Waals surface area contributed by atoms with Crippen molar-refractivity contribution in [1.82, 2.24) is 5.32 Å². The molecule has 2 N–H and O–H groups in total. The minimum Gasteiger partial charge on any atom is -0.508 e. The van der Waals surface area contributed by atoms with Gasteiger partial charge in [-0.15, -0.1) is 0 Å². The molecule has 0 spiro atoms. The lowest BCUT2D eigenvalue weighted by Gasteiger charge is -2.23. The van der Waals surface area contributed by atoms with E-state index in [0.29, 0.717) is 47.1 Å². The zero-order chi connectivity index (χ0) is 27.5. The third kappa shape index (κ3) is 6.27. The number of ether oxygens (including phenoxy) is 1. The molecule has 2 aliphatic rings. The molecule has 0 radical (unpaired) electrons. The molecule has 0 amide bonds. The van der Waals surface area contributed by atoms with Crippen LogP contribution in [0.25, 0.3) is 11.0 Å². The highest BCUT2D eigenvalue weighted by Crippen LogP contribution is 2.44. The van der Waals surface area contributed by atoms with E-state index in [-0.39, 0.29) is 18.0 Å². The highest BCUT2D eigenvalue weighted by molar-refractivity contribution is 5.98. The first-order valence-electron chi connectivity index (χ1n) is 14.2. The second kappa shape index (κ2) is 11.8. The van der Waals surface area contributed by atoms with Crippen LogP contribution in [0.15, 0.2) is 57.3 Å². The SMILES string of the molecule is CC(C)=CCc1cc(C(=O)Cc2cc3ccc(OCCCNC4C[C@H]5CC[C@@H]4C5)c(C)c3oc2=O)ccc1O. The van der Waals surface area contributed by atoms with E-state index in [2.05, 4.69) is 5.32 Å². The molecule has 5 rings (SSSR count). The first-order valence-corrected chi connectivity index (χ1v) is 14.2. The summed E-state index contributed by atoms with van der Waals surface area (Å²) in [5.41, 5.74) is 3.33. The van der Waals surface area contributed by atoms with Gasteiger partial charge >= 0.3 is 5.63 Å². The van der Waals surface area contributed by atoms with Gasteiger partial charge in [-0.25, -0.2) is 4.79 Å². The lowest BCUT2D eigenvalue weighted by atomic mass is 9.95. The fourth-order valence-corrected chi connectivity index (χ4v) is 6.18. The summed E-state index contributed by atoms with van der Waals surface area (Å²) in [4.78, 5) is 25.8. The number of rotatable bonds is 11. The van der Waals surface area contributed by atoms with Crippen molar-refractivity contribution < 1.29 is 19.1 Å². The van der Waals surface area contributed by atoms with Gasteiger partial charge in [0.2, 0.25) is 0 Å². The number of Topliss-reactive ketones (excluding diaryl/α,β-unsaturated/α-hetero) is 1. The van der Waals surface area contributed by atoms with Crippen molar-refractivity contribution in [2.24, 2.45) is 11.8 Å². The quantitative estimate of drug-likeness (QED) is 0.131. The molecular weight excluding hydrogens is 490 g/mol. The zero-order valence-electron chi connectivity index (χ0n) is 23.2. The number of benzene rings is 2. The molecule has 2 saturated carbocycles. The summed E-state index contributed by atoms with van der Waals surface area (Å²) >= 11 is 0. The van der Waals surface area contributed by atoms with Gasteiger partial charge in [-0.1, -0.05) is 18.1 Å². The van der Waals surface area contributed by atoms with Crippen LogP contribution in [-0.2, 0) is 12.8 Å². The monoisotopic (exact) mass is 529 g/mol. The number of allylic oxidation sites excluding steroid dienone is 2. The molecule has 206 valence electrons. The van der Waals surface area contributed by atoms with Crippen molar-refractivity contribution in [3.05, 3.63) is 80.7 Å². The van der Waals surface area contributed by atoms with Crippen LogP contribution in [0.1, 0.15) is 73.0 Å². The Kier molecular flexibility index (Phi) is 8.22. The van der Waals surface area contributed by atoms with E-state index in [1.807, 2.05) is 39.0 Å². The van der Waals surface area contributed by atoms with Gasteiger partial charge in [0.05, 0.1) is 6.61 Å². The van der Waals surface area contributed by atoms with Crippen LogP contribution >= 0.6 is 0 Å². The Bertz CT molecular complexity index is 1450. The standard InChI is InChI=1S/C33H39NO5/c1-20(2)5-7-24-17-25(9-11-29(24)35)30(36)19-27-18-26-10-12-31(21(3)32(26)39-33(27)37)38-14-4-13-34-28-16-22-6-8-23(28)15-22/h5,9-12,17-18,22-23,28,34-35H,4,6-8,13-16,19H2,1-3H3/t22-,23+,28?/m0/s1. The minimum atomic E-state index is -0.519. The number of aryl methyl sites for hydroxylation is 1. The van der Waals surface area contributed by atoms with Gasteiger partial charge in [-0.05, 0) is 113 Å². The van der Waals surface area contributed by atoms with E-state index >= 15 is 0 Å². The Morgan fingerprint density at radius 3 is 2.72 bits per heavy atom. The molecule has 39 heavy (non-hydrogen) atoms. The summed E-state index contributed by atoms with van der Waals surface area (Å²) < 4.78 is 11.7. The fourth-order valence-electron chi connectivity index (χ4n) is 6.18. The molecule has 0 saturated heterocycles. The molecule has 2 bridgehead atoms. The number of ketones is 1. The number of phenolic OH excluding ortho intramolecular Hbond substituents is 1. The van der Waals surface area contributed by atoms with Gasteiger partial charge in [0.15, 0.2) is 5.78 Å². The van der Waals surface area contributed by atoms with E-state index in [1.165, 1.54) is 31.7 Å². The Labute approximate surface area is 230 Å². The highest BCUT2D eigenvalue weighted by Gasteiger charge is 2.38. The molecule has 6 nitrogen and oxygen atoms in total. The van der Waals surface area contributed by atoms with Gasteiger partial charge in [0.1, 0.15) is 17.1 Å². The lowest BCUT2D eigenvalue weighted by molar-refractivity contribution is 0.0992. The van der Waals surface area contributed by atoms with Crippen LogP contribution < -0.4 is 15.7 Å². The predicted octanol–water partition coefficient (Wildman–Crippen LogP) is 6.29. The van der Waals surface area contributed by atoms with Crippen LogP contribution in [0.5, 0.6) is 11.5 Å². The smallest absolute Gasteiger partial charge is 0.339 e. The largest absolute Gasteiger partial charge is 0.508 e. The number of carbonyl (C=O) groups is 1. The molecule has 0 aliphatic heterocycles. The van der Waals surface area contributed by atoms with Gasteiger partial charge in [0, 0.05) is 34.5 Å². The van der Waals surface area contributed by atoms with E-state index in [9.17, 15) is 14.7 Å². The molecule has 2 aliphatic carbocycles. The molecule has 2 aromatic carbocycles. The maximum atomic E-state index is 13.0. The van der Waals surface area contributed by atoms with Crippen molar-refractivity contribution in [3.63, 3.8) is 0 Å². The number of hydrogen-bond donors (Lipinski definition) is 2. The molecule has 1 heterocycles. The molecule has 1 unspecified atom stereocenters. The number of hydrogen-bond acceptors (Lipinski definition) is 6. The highest BCUT2D eigenvalue weighted by atomic mass is 16.5. The Morgan fingerprint density at radius 1 is 1.13 bits per heavy atom. The van der Waals surface area contributed by atoms with Crippen molar-refractivity contribution >= 4 is 16.8 Å². The minimum absolute atomic E-state index is 0.0714. The summed E-state index contributed by atoms with van der Waals surface area (Å²) in [7, 11) is 0. The number of fused-ring (bicyclic) bond motifs is 3. The summed E-state index contributed by atoms with van der Waals surface area (Å²) in [5.74, 6) is 2.47. The van der Waals surface area contributed by atoms with E-state index < -0.39 is 5.63 Å². The molecule has 2 fully saturated rings. The summed E-state index contributed by atoms with van der Waals surface area (Å²) in [5, 5.41) is 14.6. The summed E-state index contributed by atoms with van der Waals surface area (Å²) in [6.07, 6.45) is 8.91. The summed E-state index contributed by atoms with van der Waals surface area (Å²) in [6, 6.07) is 11.0. The van der Waals surface area contributed by atoms with Gasteiger partial charge in [0.25, 0.3) is 0 Å². The predicted molar refractivity (Wildman–Crippen MR) is 154 cm³/mol. The maximum Gasteiger partial charge on any atom is 0.339 e. The van der Waals surface area contributed by atoms with Crippen molar-refractivity contribution in [3.8, 4) is 11.5 Å². The fraction of sp³-hybridized carbons (Fsp3) is 0.455. The molecule has 3 aromatic rings. The van der Waals surface area contributed by atoms with E-state index in [1.54, 1.807) is 18.2 Å². The van der Waals surface area contributed by atoms with E-state index in [0.717, 1.165) is 41.3 Å².